The number of thioether (sulfide) groups is 1. The molecule has 190 valence electrons. The molecule has 4 aromatic rings. The van der Waals surface area contributed by atoms with E-state index in [4.69, 9.17) is 9.15 Å². The highest BCUT2D eigenvalue weighted by Crippen LogP contribution is 2.32. The predicted molar refractivity (Wildman–Crippen MR) is 147 cm³/mol. The zero-order valence-corrected chi connectivity index (χ0v) is 22.6. The van der Waals surface area contributed by atoms with Crippen molar-refractivity contribution in [2.75, 3.05) is 12.9 Å². The SMILES string of the molecule is CCOC(=O)C1=C(C)N=c2s/c(=C/c3ccc(-c4ccccc4C#N)o3)c(=O)n2[C@@H]1c1ccc(SC)cc1. The summed E-state index contributed by atoms with van der Waals surface area (Å²) in [5.74, 6) is 0.516. The van der Waals surface area contributed by atoms with E-state index in [1.165, 1.54) is 11.3 Å². The number of fused-ring (bicyclic) bond motifs is 1. The third-order valence-corrected chi connectivity index (χ3v) is 7.89. The normalized spacial score (nSPS) is 15.1. The first kappa shape index (κ1) is 25.5. The van der Waals surface area contributed by atoms with Gasteiger partial charge in [-0.05, 0) is 62.1 Å². The molecule has 2 aromatic heterocycles. The Kier molecular flexibility index (Phi) is 7.18. The molecule has 0 spiro atoms. The lowest BCUT2D eigenvalue weighted by molar-refractivity contribution is -0.139. The van der Waals surface area contributed by atoms with Crippen molar-refractivity contribution in [1.29, 1.82) is 5.26 Å². The summed E-state index contributed by atoms with van der Waals surface area (Å²) in [5, 5.41) is 9.42. The van der Waals surface area contributed by atoms with Gasteiger partial charge in [0, 0.05) is 16.5 Å². The maximum absolute atomic E-state index is 13.8. The summed E-state index contributed by atoms with van der Waals surface area (Å²) in [7, 11) is 0. The highest BCUT2D eigenvalue weighted by atomic mass is 32.2. The van der Waals surface area contributed by atoms with Gasteiger partial charge in [0.25, 0.3) is 5.56 Å². The standard InChI is InChI=1S/C29H23N3O4S2/c1-4-35-28(34)25-17(2)31-29-32(26(25)18-9-12-21(37-3)13-10-18)27(33)24(38-29)15-20-11-14-23(36-20)22-8-6-5-7-19(22)16-30/h5-15,26H,4H2,1-3H3/b24-15+/t26-/m1/s1. The average molecular weight is 542 g/mol. The Morgan fingerprint density at radius 1 is 1.21 bits per heavy atom. The third kappa shape index (κ3) is 4.64. The number of carbonyl (C=O) groups is 1. The van der Waals surface area contributed by atoms with Crippen molar-refractivity contribution < 1.29 is 13.9 Å². The molecule has 2 aromatic carbocycles. The highest BCUT2D eigenvalue weighted by Gasteiger charge is 2.33. The van der Waals surface area contributed by atoms with Crippen molar-refractivity contribution >= 4 is 35.1 Å². The second-order valence-electron chi connectivity index (χ2n) is 8.43. The molecule has 0 amide bonds. The zero-order valence-electron chi connectivity index (χ0n) is 20.9. The molecule has 7 nitrogen and oxygen atoms in total. The average Bonchev–Trinajstić information content (AvgIpc) is 3.52. The van der Waals surface area contributed by atoms with E-state index in [1.54, 1.807) is 60.5 Å². The third-order valence-electron chi connectivity index (χ3n) is 6.16. The van der Waals surface area contributed by atoms with Gasteiger partial charge in [0.1, 0.15) is 11.5 Å². The van der Waals surface area contributed by atoms with Crippen LogP contribution >= 0.6 is 23.1 Å². The number of allylic oxidation sites excluding steroid dienone is 1. The van der Waals surface area contributed by atoms with Crippen molar-refractivity contribution in [1.82, 2.24) is 4.57 Å². The lowest BCUT2D eigenvalue weighted by Crippen LogP contribution is -2.39. The second kappa shape index (κ2) is 10.7. The number of rotatable bonds is 6. The molecule has 0 aliphatic carbocycles. The van der Waals surface area contributed by atoms with E-state index in [2.05, 4.69) is 11.1 Å². The van der Waals surface area contributed by atoms with E-state index >= 15 is 0 Å². The molecule has 38 heavy (non-hydrogen) atoms. The molecule has 0 N–H and O–H groups in total. The van der Waals surface area contributed by atoms with Crippen LogP contribution in [0.2, 0.25) is 0 Å². The lowest BCUT2D eigenvalue weighted by Gasteiger charge is -2.24. The Hall–Kier alpha value is -4.13. The molecular weight excluding hydrogens is 518 g/mol. The van der Waals surface area contributed by atoms with E-state index in [9.17, 15) is 14.9 Å². The van der Waals surface area contributed by atoms with Gasteiger partial charge in [-0.25, -0.2) is 9.79 Å². The van der Waals surface area contributed by atoms with Gasteiger partial charge < -0.3 is 9.15 Å². The highest BCUT2D eigenvalue weighted by molar-refractivity contribution is 7.98. The zero-order chi connectivity index (χ0) is 26.8. The monoisotopic (exact) mass is 541 g/mol. The van der Waals surface area contributed by atoms with Crippen LogP contribution in [0.3, 0.4) is 0 Å². The van der Waals surface area contributed by atoms with Gasteiger partial charge in [0.2, 0.25) is 0 Å². The maximum Gasteiger partial charge on any atom is 0.338 e. The van der Waals surface area contributed by atoms with Crippen LogP contribution in [0.5, 0.6) is 0 Å². The molecule has 0 radical (unpaired) electrons. The molecule has 1 aliphatic rings. The number of benzene rings is 2. The first-order chi connectivity index (χ1) is 18.4. The fourth-order valence-corrected chi connectivity index (χ4v) is 5.83. The van der Waals surface area contributed by atoms with E-state index < -0.39 is 12.0 Å². The number of hydrogen-bond donors (Lipinski definition) is 0. The van der Waals surface area contributed by atoms with Crippen LogP contribution in [-0.4, -0.2) is 23.4 Å². The molecule has 3 heterocycles. The van der Waals surface area contributed by atoms with Crippen LogP contribution in [0.15, 0.2) is 91.0 Å². The van der Waals surface area contributed by atoms with Gasteiger partial charge in [-0.3, -0.25) is 9.36 Å². The Labute approximate surface area is 227 Å². The van der Waals surface area contributed by atoms with Crippen molar-refractivity contribution in [2.45, 2.75) is 24.8 Å². The topological polar surface area (TPSA) is 97.6 Å². The van der Waals surface area contributed by atoms with Crippen LogP contribution in [-0.2, 0) is 9.53 Å². The number of nitrogens with zero attached hydrogens (tertiary/aromatic N) is 3. The van der Waals surface area contributed by atoms with E-state index in [-0.39, 0.29) is 12.2 Å². The van der Waals surface area contributed by atoms with E-state index in [0.29, 0.717) is 43.3 Å². The Bertz CT molecular complexity index is 1790. The quantitative estimate of drug-likeness (QED) is 0.260. The number of furan rings is 1. The summed E-state index contributed by atoms with van der Waals surface area (Å²) >= 11 is 2.85. The molecule has 0 bridgehead atoms. The van der Waals surface area contributed by atoms with Crippen molar-refractivity contribution in [3.05, 3.63) is 109 Å². The van der Waals surface area contributed by atoms with Crippen molar-refractivity contribution in [2.24, 2.45) is 4.99 Å². The van der Waals surface area contributed by atoms with Gasteiger partial charge in [0.05, 0.1) is 40.1 Å². The molecule has 0 saturated heterocycles. The summed E-state index contributed by atoms with van der Waals surface area (Å²) in [4.78, 5) is 33.0. The lowest BCUT2D eigenvalue weighted by atomic mass is 9.96. The minimum absolute atomic E-state index is 0.216. The first-order valence-corrected chi connectivity index (χ1v) is 13.9. The van der Waals surface area contributed by atoms with Gasteiger partial charge in [0.15, 0.2) is 4.80 Å². The Morgan fingerprint density at radius 2 is 1.97 bits per heavy atom. The fraction of sp³-hybridized carbons (Fsp3) is 0.172. The van der Waals surface area contributed by atoms with Gasteiger partial charge >= 0.3 is 5.97 Å². The molecule has 9 heteroatoms. The number of aromatic nitrogens is 1. The summed E-state index contributed by atoms with van der Waals surface area (Å²) in [6.45, 7) is 3.73. The predicted octanol–water partition coefficient (Wildman–Crippen LogP) is 4.65. The number of carbonyl (C=O) groups excluding carboxylic acids is 1. The molecule has 0 unspecified atom stereocenters. The summed E-state index contributed by atoms with van der Waals surface area (Å²) < 4.78 is 13.3. The number of hydrogen-bond acceptors (Lipinski definition) is 8. The molecule has 0 saturated carbocycles. The minimum Gasteiger partial charge on any atom is -0.463 e. The summed E-state index contributed by atoms with van der Waals surface area (Å²) in [5.41, 5.74) is 2.56. The van der Waals surface area contributed by atoms with Crippen LogP contribution in [0.1, 0.15) is 36.8 Å². The van der Waals surface area contributed by atoms with Gasteiger partial charge in [-0.2, -0.15) is 5.26 Å². The van der Waals surface area contributed by atoms with Crippen molar-refractivity contribution in [3.63, 3.8) is 0 Å². The van der Waals surface area contributed by atoms with Crippen LogP contribution < -0.4 is 14.9 Å². The summed E-state index contributed by atoms with van der Waals surface area (Å²) in [6, 6.07) is 20.0. The van der Waals surface area contributed by atoms with E-state index in [1.807, 2.05) is 42.7 Å². The molecule has 5 rings (SSSR count). The second-order valence-corrected chi connectivity index (χ2v) is 10.3. The molecule has 1 aliphatic heterocycles. The van der Waals surface area contributed by atoms with Gasteiger partial charge in [-0.15, -0.1) is 11.8 Å². The largest absolute Gasteiger partial charge is 0.463 e. The number of ether oxygens (including phenoxy) is 1. The first-order valence-electron chi connectivity index (χ1n) is 11.9. The summed E-state index contributed by atoms with van der Waals surface area (Å²) in [6.07, 6.45) is 3.66. The van der Waals surface area contributed by atoms with E-state index in [0.717, 1.165) is 10.5 Å². The number of nitriles is 1. The van der Waals surface area contributed by atoms with Gasteiger partial charge in [-0.1, -0.05) is 35.6 Å². The maximum atomic E-state index is 13.8. The molecular formula is C29H23N3O4S2. The van der Waals surface area contributed by atoms with Crippen molar-refractivity contribution in [3.8, 4) is 17.4 Å². The smallest absolute Gasteiger partial charge is 0.338 e. The molecule has 1 atom stereocenters. The Balaban J connectivity index is 1.64. The van der Waals surface area contributed by atoms with Crippen LogP contribution in [0, 0.1) is 11.3 Å². The number of thiazole rings is 1. The minimum atomic E-state index is -0.668. The fourth-order valence-electron chi connectivity index (χ4n) is 4.39. The Morgan fingerprint density at radius 3 is 2.68 bits per heavy atom. The van der Waals surface area contributed by atoms with Crippen LogP contribution in [0.4, 0.5) is 0 Å². The molecule has 0 fully saturated rings. The number of esters is 1. The van der Waals surface area contributed by atoms with Crippen LogP contribution in [0.25, 0.3) is 17.4 Å².